The normalized spacial score (nSPS) is 15.4. The Kier molecular flexibility index (Phi) is 2.54. The van der Waals surface area contributed by atoms with E-state index >= 15 is 0 Å². The topological polar surface area (TPSA) is 24.9 Å². The molecule has 13 heavy (non-hydrogen) atoms. The molecule has 1 N–H and O–H groups in total. The summed E-state index contributed by atoms with van der Waals surface area (Å²) in [6, 6.07) is 6.56. The number of hydrogen-bond acceptors (Lipinski definition) is 2. The monoisotopic (exact) mass is 192 g/mol. The molecule has 1 aliphatic rings. The highest BCUT2D eigenvalue weighted by Crippen LogP contribution is 2.18. The number of nitrogens with one attached hydrogen (secondary N) is 1. The van der Waals surface area contributed by atoms with Crippen molar-refractivity contribution in [3.63, 3.8) is 0 Å². The Morgan fingerprint density at radius 1 is 1.54 bits per heavy atom. The highest BCUT2D eigenvalue weighted by atomic mass is 32.1. The molecule has 1 aliphatic carbocycles. The summed E-state index contributed by atoms with van der Waals surface area (Å²) in [5.41, 5.74) is 1.04. The van der Waals surface area contributed by atoms with E-state index in [9.17, 15) is 0 Å². The average Bonchev–Trinajstić information content (AvgIpc) is 2.90. The molecular weight excluding hydrogens is 180 g/mol. The minimum absolute atomic E-state index is 0.649. The fourth-order valence-electron chi connectivity index (χ4n) is 1.17. The second kappa shape index (κ2) is 3.83. The molecule has 1 heterocycles. The summed E-state index contributed by atoms with van der Waals surface area (Å²) in [4.78, 5) is 5.14. The van der Waals surface area contributed by atoms with E-state index in [1.165, 1.54) is 12.8 Å². The van der Waals surface area contributed by atoms with Crippen LogP contribution >= 0.6 is 12.2 Å². The Morgan fingerprint density at radius 3 is 3.00 bits per heavy atom. The summed E-state index contributed by atoms with van der Waals surface area (Å²) in [6.45, 7) is 0. The fraction of sp³-hybridized carbons (Fsp3) is 0.400. The molecule has 1 aromatic heterocycles. The first-order valence-electron chi connectivity index (χ1n) is 4.54. The van der Waals surface area contributed by atoms with Gasteiger partial charge in [-0.3, -0.25) is 4.98 Å². The van der Waals surface area contributed by atoms with Gasteiger partial charge in [0.05, 0.1) is 4.99 Å². The molecule has 0 saturated heterocycles. The van der Waals surface area contributed by atoms with Crippen LogP contribution in [0.4, 0.5) is 0 Å². The summed E-state index contributed by atoms with van der Waals surface area (Å²) in [6.07, 6.45) is 5.10. The van der Waals surface area contributed by atoms with Crippen molar-refractivity contribution < 1.29 is 0 Å². The Morgan fingerprint density at radius 2 is 2.38 bits per heavy atom. The first-order valence-corrected chi connectivity index (χ1v) is 4.95. The van der Waals surface area contributed by atoms with E-state index in [0.29, 0.717) is 6.04 Å². The first-order chi connectivity index (χ1) is 6.34. The summed E-state index contributed by atoms with van der Waals surface area (Å²) < 4.78 is 0. The average molecular weight is 192 g/mol. The molecule has 0 spiro atoms. The number of hydrogen-bond donors (Lipinski definition) is 1. The highest BCUT2D eigenvalue weighted by molar-refractivity contribution is 7.80. The molecule has 0 unspecified atom stereocenters. The van der Waals surface area contributed by atoms with Gasteiger partial charge in [-0.2, -0.15) is 0 Å². The van der Waals surface area contributed by atoms with Gasteiger partial charge in [0.15, 0.2) is 0 Å². The molecule has 68 valence electrons. The molecule has 0 bridgehead atoms. The van der Waals surface area contributed by atoms with Crippen LogP contribution in [0, 0.1) is 0 Å². The maximum absolute atomic E-state index is 5.20. The molecule has 2 nitrogen and oxygen atoms in total. The van der Waals surface area contributed by atoms with Gasteiger partial charge in [-0.15, -0.1) is 0 Å². The van der Waals surface area contributed by atoms with Gasteiger partial charge in [-0.1, -0.05) is 18.3 Å². The molecule has 0 radical (unpaired) electrons. The number of pyridine rings is 1. The van der Waals surface area contributed by atoms with Crippen molar-refractivity contribution in [3.8, 4) is 0 Å². The van der Waals surface area contributed by atoms with Gasteiger partial charge in [0, 0.05) is 24.4 Å². The molecule has 0 atom stereocenters. The van der Waals surface area contributed by atoms with E-state index in [-0.39, 0.29) is 0 Å². The molecule has 3 heteroatoms. The van der Waals surface area contributed by atoms with Crippen LogP contribution < -0.4 is 5.32 Å². The fourth-order valence-corrected chi connectivity index (χ4v) is 1.49. The molecule has 0 amide bonds. The van der Waals surface area contributed by atoms with Gasteiger partial charge in [-0.25, -0.2) is 0 Å². The largest absolute Gasteiger partial charge is 0.377 e. The summed E-state index contributed by atoms with van der Waals surface area (Å²) in [5.74, 6) is 0. The molecule has 1 aromatic rings. The lowest BCUT2D eigenvalue weighted by Gasteiger charge is -2.04. The third-order valence-corrected chi connectivity index (χ3v) is 2.27. The van der Waals surface area contributed by atoms with Gasteiger partial charge < -0.3 is 5.32 Å². The van der Waals surface area contributed by atoms with Crippen LogP contribution in [-0.4, -0.2) is 16.0 Å². The second-order valence-electron chi connectivity index (χ2n) is 3.34. The molecule has 2 rings (SSSR count). The number of rotatable bonds is 3. The molecule has 1 saturated carbocycles. The van der Waals surface area contributed by atoms with Gasteiger partial charge >= 0.3 is 0 Å². The number of thiocarbonyl (C=S) groups is 1. The van der Waals surface area contributed by atoms with E-state index < -0.39 is 0 Å². The van der Waals surface area contributed by atoms with E-state index in [1.807, 2.05) is 18.2 Å². The minimum atomic E-state index is 0.649. The standard InChI is InChI=1S/C10H12N2S/c13-10(12-8-4-5-8)7-9-3-1-2-6-11-9/h1-3,6,8H,4-5,7H2,(H,12,13). The van der Waals surface area contributed by atoms with E-state index in [0.717, 1.165) is 17.1 Å². The van der Waals surface area contributed by atoms with Gasteiger partial charge in [0.2, 0.25) is 0 Å². The summed E-state index contributed by atoms with van der Waals surface area (Å²) in [7, 11) is 0. The lowest BCUT2D eigenvalue weighted by atomic mass is 10.3. The zero-order valence-electron chi connectivity index (χ0n) is 7.36. The third-order valence-electron chi connectivity index (χ3n) is 2.01. The first kappa shape index (κ1) is 8.63. The smallest absolute Gasteiger partial charge is 0.0815 e. The van der Waals surface area contributed by atoms with Gasteiger partial charge in [0.1, 0.15) is 0 Å². The zero-order valence-corrected chi connectivity index (χ0v) is 8.18. The summed E-state index contributed by atoms with van der Waals surface area (Å²) in [5, 5.41) is 3.29. The molecule has 1 fully saturated rings. The zero-order chi connectivity index (χ0) is 9.10. The van der Waals surface area contributed by atoms with Crippen molar-refractivity contribution in [1.29, 1.82) is 0 Å². The Bertz CT molecular complexity index is 293. The van der Waals surface area contributed by atoms with Gasteiger partial charge in [-0.05, 0) is 25.0 Å². The molecule has 0 aliphatic heterocycles. The Labute approximate surface area is 83.4 Å². The van der Waals surface area contributed by atoms with E-state index in [1.54, 1.807) is 6.20 Å². The van der Waals surface area contributed by atoms with Crippen molar-refractivity contribution in [1.82, 2.24) is 10.3 Å². The predicted octanol–water partition coefficient (Wildman–Crippen LogP) is 1.70. The van der Waals surface area contributed by atoms with Crippen molar-refractivity contribution >= 4 is 17.2 Å². The van der Waals surface area contributed by atoms with Crippen molar-refractivity contribution in [3.05, 3.63) is 30.1 Å². The number of aromatic nitrogens is 1. The minimum Gasteiger partial charge on any atom is -0.377 e. The van der Waals surface area contributed by atoms with Crippen LogP contribution in [0.2, 0.25) is 0 Å². The molecular formula is C10H12N2S. The van der Waals surface area contributed by atoms with Crippen molar-refractivity contribution in [2.75, 3.05) is 0 Å². The molecule has 0 aromatic carbocycles. The van der Waals surface area contributed by atoms with Gasteiger partial charge in [0.25, 0.3) is 0 Å². The SMILES string of the molecule is S=C(Cc1ccccn1)NC1CC1. The quantitative estimate of drug-likeness (QED) is 0.738. The third kappa shape index (κ3) is 2.77. The lowest BCUT2D eigenvalue weighted by molar-refractivity contribution is 0.900. The predicted molar refractivity (Wildman–Crippen MR) is 56.7 cm³/mol. The Balaban J connectivity index is 1.86. The van der Waals surface area contributed by atoms with Crippen LogP contribution in [0.15, 0.2) is 24.4 Å². The summed E-state index contributed by atoms with van der Waals surface area (Å²) >= 11 is 5.20. The lowest BCUT2D eigenvalue weighted by Crippen LogP contribution is -2.25. The highest BCUT2D eigenvalue weighted by Gasteiger charge is 2.21. The van der Waals surface area contributed by atoms with E-state index in [2.05, 4.69) is 10.3 Å². The van der Waals surface area contributed by atoms with Crippen LogP contribution in [-0.2, 0) is 6.42 Å². The maximum atomic E-state index is 5.20. The van der Waals surface area contributed by atoms with E-state index in [4.69, 9.17) is 12.2 Å². The Hall–Kier alpha value is -0.960. The van der Waals surface area contributed by atoms with Crippen LogP contribution in [0.1, 0.15) is 18.5 Å². The maximum Gasteiger partial charge on any atom is 0.0815 e. The van der Waals surface area contributed by atoms with Crippen LogP contribution in [0.25, 0.3) is 0 Å². The van der Waals surface area contributed by atoms with Crippen LogP contribution in [0.3, 0.4) is 0 Å². The number of nitrogens with zero attached hydrogens (tertiary/aromatic N) is 1. The van der Waals surface area contributed by atoms with Crippen molar-refractivity contribution in [2.45, 2.75) is 25.3 Å². The second-order valence-corrected chi connectivity index (χ2v) is 3.83. The van der Waals surface area contributed by atoms with Crippen LogP contribution in [0.5, 0.6) is 0 Å². The van der Waals surface area contributed by atoms with Crippen molar-refractivity contribution in [2.24, 2.45) is 0 Å².